The largest absolute Gasteiger partial charge is 0.307 e. The molecular formula is C14H21F2N. The van der Waals surface area contributed by atoms with Gasteiger partial charge >= 0.3 is 0 Å². The normalized spacial score (nSPS) is 15.0. The lowest BCUT2D eigenvalue weighted by Gasteiger charge is -2.25. The molecule has 1 rings (SSSR count). The van der Waals surface area contributed by atoms with E-state index in [0.717, 1.165) is 12.5 Å². The summed E-state index contributed by atoms with van der Waals surface area (Å²) < 4.78 is 26.2. The minimum atomic E-state index is -0.522. The van der Waals surface area contributed by atoms with E-state index >= 15 is 0 Å². The molecule has 17 heavy (non-hydrogen) atoms. The highest BCUT2D eigenvalue weighted by atomic mass is 19.1. The van der Waals surface area contributed by atoms with Crippen molar-refractivity contribution in [3.8, 4) is 0 Å². The zero-order valence-electron chi connectivity index (χ0n) is 10.9. The minimum absolute atomic E-state index is 0.0486. The van der Waals surface area contributed by atoms with Crippen molar-refractivity contribution in [1.82, 2.24) is 5.32 Å². The molecule has 0 bridgehead atoms. The van der Waals surface area contributed by atoms with E-state index in [1.54, 1.807) is 0 Å². The van der Waals surface area contributed by atoms with Crippen LogP contribution in [-0.4, -0.2) is 6.04 Å². The summed E-state index contributed by atoms with van der Waals surface area (Å²) in [5.74, 6) is -0.543. The Labute approximate surface area is 102 Å². The molecule has 1 aromatic carbocycles. The van der Waals surface area contributed by atoms with Crippen LogP contribution in [0.1, 0.15) is 45.7 Å². The fraction of sp³-hybridized carbons (Fsp3) is 0.571. The first-order chi connectivity index (χ1) is 7.93. The Morgan fingerprint density at radius 2 is 1.59 bits per heavy atom. The number of halogens is 2. The average molecular weight is 241 g/mol. The minimum Gasteiger partial charge on any atom is -0.307 e. The van der Waals surface area contributed by atoms with E-state index in [2.05, 4.69) is 26.1 Å². The molecule has 3 heteroatoms. The lowest BCUT2D eigenvalue weighted by atomic mass is 9.99. The van der Waals surface area contributed by atoms with Gasteiger partial charge in [0.1, 0.15) is 11.6 Å². The number of nitrogens with one attached hydrogen (secondary N) is 1. The number of benzene rings is 1. The van der Waals surface area contributed by atoms with Crippen LogP contribution < -0.4 is 5.32 Å². The van der Waals surface area contributed by atoms with E-state index in [4.69, 9.17) is 0 Å². The summed E-state index contributed by atoms with van der Waals surface area (Å²) in [5.41, 5.74) is 0.654. The van der Waals surface area contributed by atoms with Gasteiger partial charge in [0.05, 0.1) is 0 Å². The van der Waals surface area contributed by atoms with Crippen molar-refractivity contribution in [2.45, 2.75) is 46.2 Å². The fourth-order valence-corrected chi connectivity index (χ4v) is 2.02. The maximum Gasteiger partial charge on any atom is 0.126 e. The van der Waals surface area contributed by atoms with Gasteiger partial charge in [-0.1, -0.05) is 20.8 Å². The summed E-state index contributed by atoms with van der Waals surface area (Å²) in [5, 5.41) is 3.40. The van der Waals surface area contributed by atoms with Gasteiger partial charge in [-0.3, -0.25) is 0 Å². The monoisotopic (exact) mass is 241 g/mol. The second-order valence-corrected chi connectivity index (χ2v) is 4.85. The molecule has 2 unspecified atom stereocenters. The second kappa shape index (κ2) is 6.10. The molecule has 1 aromatic rings. The van der Waals surface area contributed by atoms with Crippen molar-refractivity contribution in [3.63, 3.8) is 0 Å². The summed E-state index contributed by atoms with van der Waals surface area (Å²) in [6.07, 6.45) is 1.000. The summed E-state index contributed by atoms with van der Waals surface area (Å²) in [7, 11) is 0. The molecule has 2 atom stereocenters. The highest BCUT2D eigenvalue weighted by Gasteiger charge is 2.15. The van der Waals surface area contributed by atoms with Gasteiger partial charge in [-0.25, -0.2) is 8.78 Å². The fourth-order valence-electron chi connectivity index (χ4n) is 2.02. The van der Waals surface area contributed by atoms with Crippen LogP contribution in [0.25, 0.3) is 0 Å². The zero-order chi connectivity index (χ0) is 13.0. The number of hydrogen-bond donors (Lipinski definition) is 1. The Morgan fingerprint density at radius 1 is 1.06 bits per heavy atom. The molecule has 1 N–H and O–H groups in total. The standard InChI is InChI=1S/C14H21F2N/c1-5-14(9(2)3)17-10(4)11-6-12(15)8-13(16)7-11/h6-10,14,17H,5H2,1-4H3. The Balaban J connectivity index is 2.78. The van der Waals surface area contributed by atoms with Crippen LogP contribution in [0.3, 0.4) is 0 Å². The molecule has 0 saturated carbocycles. The molecule has 0 spiro atoms. The SMILES string of the molecule is CCC(NC(C)c1cc(F)cc(F)c1)C(C)C. The molecule has 0 amide bonds. The van der Waals surface area contributed by atoms with Gasteiger partial charge in [-0.2, -0.15) is 0 Å². The Morgan fingerprint density at radius 3 is 2.00 bits per heavy atom. The Hall–Kier alpha value is -0.960. The van der Waals surface area contributed by atoms with Crippen molar-refractivity contribution in [2.75, 3.05) is 0 Å². The topological polar surface area (TPSA) is 12.0 Å². The zero-order valence-corrected chi connectivity index (χ0v) is 10.9. The van der Waals surface area contributed by atoms with Gasteiger partial charge in [0.25, 0.3) is 0 Å². The average Bonchev–Trinajstić information content (AvgIpc) is 2.23. The van der Waals surface area contributed by atoms with Crippen LogP contribution >= 0.6 is 0 Å². The Bertz CT molecular complexity index is 343. The molecule has 0 heterocycles. The predicted octanol–water partition coefficient (Wildman–Crippen LogP) is 4.05. The van der Waals surface area contributed by atoms with Gasteiger partial charge in [0.2, 0.25) is 0 Å². The molecule has 1 nitrogen and oxygen atoms in total. The van der Waals surface area contributed by atoms with Crippen molar-refractivity contribution >= 4 is 0 Å². The summed E-state index contributed by atoms with van der Waals surface area (Å²) in [4.78, 5) is 0. The lowest BCUT2D eigenvalue weighted by molar-refractivity contribution is 0.355. The van der Waals surface area contributed by atoms with Crippen molar-refractivity contribution in [1.29, 1.82) is 0 Å². The maximum atomic E-state index is 13.1. The van der Waals surface area contributed by atoms with Crippen LogP contribution in [0.2, 0.25) is 0 Å². The molecule has 0 aliphatic heterocycles. The number of rotatable bonds is 5. The quantitative estimate of drug-likeness (QED) is 0.820. The van der Waals surface area contributed by atoms with E-state index in [1.165, 1.54) is 12.1 Å². The predicted molar refractivity (Wildman–Crippen MR) is 66.8 cm³/mol. The van der Waals surface area contributed by atoms with E-state index in [1.807, 2.05) is 6.92 Å². The lowest BCUT2D eigenvalue weighted by Crippen LogP contribution is -2.35. The van der Waals surface area contributed by atoms with Gasteiger partial charge in [0, 0.05) is 18.2 Å². The van der Waals surface area contributed by atoms with Crippen LogP contribution in [0.5, 0.6) is 0 Å². The third-order valence-corrected chi connectivity index (χ3v) is 3.09. The first-order valence-electron chi connectivity index (χ1n) is 6.16. The maximum absolute atomic E-state index is 13.1. The summed E-state index contributed by atoms with van der Waals surface area (Å²) in [6.45, 7) is 8.32. The number of hydrogen-bond acceptors (Lipinski definition) is 1. The second-order valence-electron chi connectivity index (χ2n) is 4.85. The van der Waals surface area contributed by atoms with Crippen molar-refractivity contribution in [2.24, 2.45) is 5.92 Å². The highest BCUT2D eigenvalue weighted by Crippen LogP contribution is 2.18. The van der Waals surface area contributed by atoms with Gasteiger partial charge in [-0.05, 0) is 37.0 Å². The van der Waals surface area contributed by atoms with Gasteiger partial charge in [-0.15, -0.1) is 0 Å². The van der Waals surface area contributed by atoms with E-state index in [9.17, 15) is 8.78 Å². The van der Waals surface area contributed by atoms with Crippen LogP contribution in [-0.2, 0) is 0 Å². The van der Waals surface area contributed by atoms with Crippen molar-refractivity contribution < 1.29 is 8.78 Å². The third-order valence-electron chi connectivity index (χ3n) is 3.09. The van der Waals surface area contributed by atoms with Crippen LogP contribution in [0.4, 0.5) is 8.78 Å². The molecule has 0 aromatic heterocycles. The molecule has 0 fully saturated rings. The highest BCUT2D eigenvalue weighted by molar-refractivity contribution is 5.21. The van der Waals surface area contributed by atoms with Crippen molar-refractivity contribution in [3.05, 3.63) is 35.4 Å². The van der Waals surface area contributed by atoms with Gasteiger partial charge in [0.15, 0.2) is 0 Å². The molecule has 0 aliphatic carbocycles. The molecule has 0 aliphatic rings. The third kappa shape index (κ3) is 4.08. The van der Waals surface area contributed by atoms with Crippen LogP contribution in [0, 0.1) is 17.6 Å². The van der Waals surface area contributed by atoms with E-state index < -0.39 is 11.6 Å². The molecule has 96 valence electrons. The summed E-state index contributed by atoms with van der Waals surface area (Å²) in [6, 6.07) is 3.97. The first-order valence-corrected chi connectivity index (χ1v) is 6.16. The molecule has 0 radical (unpaired) electrons. The van der Waals surface area contributed by atoms with Gasteiger partial charge < -0.3 is 5.32 Å². The summed E-state index contributed by atoms with van der Waals surface area (Å²) >= 11 is 0. The Kier molecular flexibility index (Phi) is 5.06. The van der Waals surface area contributed by atoms with E-state index in [-0.39, 0.29) is 6.04 Å². The van der Waals surface area contributed by atoms with Crippen LogP contribution in [0.15, 0.2) is 18.2 Å². The smallest absolute Gasteiger partial charge is 0.126 e. The van der Waals surface area contributed by atoms with E-state index in [0.29, 0.717) is 17.5 Å². The first kappa shape index (κ1) is 14.1. The molecule has 0 saturated heterocycles. The molecular weight excluding hydrogens is 220 g/mol.